The van der Waals surface area contributed by atoms with Gasteiger partial charge in [-0.25, -0.2) is 0 Å². The Bertz CT molecular complexity index is 345. The fourth-order valence-electron chi connectivity index (χ4n) is 3.22. The van der Waals surface area contributed by atoms with Crippen LogP contribution in [0.5, 0.6) is 0 Å². The van der Waals surface area contributed by atoms with Crippen molar-refractivity contribution >= 4 is 5.91 Å². The minimum absolute atomic E-state index is 0.0590. The average Bonchev–Trinajstić information content (AvgIpc) is 3.19. The molecule has 20 heavy (non-hydrogen) atoms. The average molecular weight is 283 g/mol. The predicted molar refractivity (Wildman–Crippen MR) is 73.4 cm³/mol. The summed E-state index contributed by atoms with van der Waals surface area (Å²) in [7, 11) is 0. The number of rotatable bonds is 6. The molecule has 2 saturated carbocycles. The zero-order chi connectivity index (χ0) is 13.9. The molecule has 3 rings (SSSR count). The van der Waals surface area contributed by atoms with Crippen LogP contribution in [0.4, 0.5) is 0 Å². The van der Waals surface area contributed by atoms with E-state index < -0.39 is 0 Å². The maximum atomic E-state index is 12.3. The minimum Gasteiger partial charge on any atom is -0.374 e. The predicted octanol–water partition coefficient (Wildman–Crippen LogP) is 1.21. The molecule has 3 fully saturated rings. The first kappa shape index (κ1) is 14.3. The molecule has 5 nitrogen and oxygen atoms in total. The molecule has 1 heterocycles. The van der Waals surface area contributed by atoms with Crippen LogP contribution in [0.1, 0.15) is 32.6 Å². The third kappa shape index (κ3) is 3.15. The zero-order valence-corrected chi connectivity index (χ0v) is 12.3. The monoisotopic (exact) mass is 283 g/mol. The molecule has 0 unspecified atom stereocenters. The molecule has 0 N–H and O–H groups in total. The Morgan fingerprint density at radius 3 is 2.90 bits per heavy atom. The van der Waals surface area contributed by atoms with E-state index in [4.69, 9.17) is 14.2 Å². The Hall–Kier alpha value is -0.650. The molecule has 0 radical (unpaired) electrons. The standard InChI is InChI=1S/C15H25NO4/c1-2-18-10-14(17)16-7-8-19-13-6-5-12(16)15(13)20-9-11-3-4-11/h11-13,15H,2-10H2,1H3/t12-,13-,15+/m0/s1. The maximum absolute atomic E-state index is 12.3. The second-order valence-electron chi connectivity index (χ2n) is 6.02. The van der Waals surface area contributed by atoms with Gasteiger partial charge in [0.05, 0.1) is 18.8 Å². The van der Waals surface area contributed by atoms with Gasteiger partial charge in [-0.15, -0.1) is 0 Å². The molecule has 2 bridgehead atoms. The van der Waals surface area contributed by atoms with Crippen LogP contribution in [-0.4, -0.2) is 62.0 Å². The van der Waals surface area contributed by atoms with Gasteiger partial charge in [0.25, 0.3) is 0 Å². The number of nitrogens with zero attached hydrogens (tertiary/aromatic N) is 1. The van der Waals surface area contributed by atoms with Gasteiger partial charge in [0.2, 0.25) is 5.91 Å². The SMILES string of the molecule is CCOCC(=O)N1CCO[C@H]2CC[C@H]1[C@H]2OCC1CC1. The van der Waals surface area contributed by atoms with Crippen LogP contribution < -0.4 is 0 Å². The van der Waals surface area contributed by atoms with E-state index in [2.05, 4.69) is 0 Å². The van der Waals surface area contributed by atoms with Gasteiger partial charge < -0.3 is 19.1 Å². The molecule has 3 atom stereocenters. The van der Waals surface area contributed by atoms with Crippen LogP contribution in [0.25, 0.3) is 0 Å². The van der Waals surface area contributed by atoms with Crippen LogP contribution in [0.2, 0.25) is 0 Å². The van der Waals surface area contributed by atoms with E-state index in [0.29, 0.717) is 19.8 Å². The highest BCUT2D eigenvalue weighted by atomic mass is 16.5. The molecule has 3 aliphatic rings. The van der Waals surface area contributed by atoms with Crippen LogP contribution in [0.15, 0.2) is 0 Å². The lowest BCUT2D eigenvalue weighted by Gasteiger charge is -2.31. The first-order chi connectivity index (χ1) is 9.79. The maximum Gasteiger partial charge on any atom is 0.248 e. The van der Waals surface area contributed by atoms with Gasteiger partial charge in [-0.2, -0.15) is 0 Å². The van der Waals surface area contributed by atoms with Crippen molar-refractivity contribution in [3.05, 3.63) is 0 Å². The van der Waals surface area contributed by atoms with Crippen molar-refractivity contribution in [3.63, 3.8) is 0 Å². The first-order valence-electron chi connectivity index (χ1n) is 7.90. The fraction of sp³-hybridized carbons (Fsp3) is 0.933. The summed E-state index contributed by atoms with van der Waals surface area (Å²) in [6.45, 7) is 4.76. The quantitative estimate of drug-likeness (QED) is 0.735. The van der Waals surface area contributed by atoms with Gasteiger partial charge in [-0.1, -0.05) is 0 Å². The van der Waals surface area contributed by atoms with Gasteiger partial charge in [0.15, 0.2) is 0 Å². The van der Waals surface area contributed by atoms with E-state index in [1.807, 2.05) is 11.8 Å². The third-order valence-electron chi connectivity index (χ3n) is 4.53. The molecule has 2 aliphatic carbocycles. The molecular formula is C15H25NO4. The lowest BCUT2D eigenvalue weighted by atomic mass is 10.1. The van der Waals surface area contributed by atoms with Gasteiger partial charge >= 0.3 is 0 Å². The highest BCUT2D eigenvalue weighted by molar-refractivity contribution is 5.78. The number of carbonyl (C=O) groups excluding carboxylic acids is 1. The number of hydrogen-bond donors (Lipinski definition) is 0. The molecule has 5 heteroatoms. The van der Waals surface area contributed by atoms with Crippen molar-refractivity contribution in [3.8, 4) is 0 Å². The molecule has 1 aliphatic heterocycles. The number of fused-ring (bicyclic) bond motifs is 2. The van der Waals surface area contributed by atoms with Crippen LogP contribution in [-0.2, 0) is 19.0 Å². The topological polar surface area (TPSA) is 48.0 Å². The number of amides is 1. The Morgan fingerprint density at radius 2 is 2.15 bits per heavy atom. The summed E-state index contributed by atoms with van der Waals surface area (Å²) in [5, 5.41) is 0. The molecule has 0 aromatic heterocycles. The lowest BCUT2D eigenvalue weighted by Crippen LogP contribution is -2.48. The summed E-state index contributed by atoms with van der Waals surface area (Å²) in [6, 6.07) is 0.175. The van der Waals surface area contributed by atoms with Crippen LogP contribution in [0.3, 0.4) is 0 Å². The van der Waals surface area contributed by atoms with E-state index in [1.54, 1.807) is 0 Å². The minimum atomic E-state index is 0.0590. The smallest absolute Gasteiger partial charge is 0.248 e. The Morgan fingerprint density at radius 1 is 1.30 bits per heavy atom. The lowest BCUT2D eigenvalue weighted by molar-refractivity contribution is -0.140. The highest BCUT2D eigenvalue weighted by Gasteiger charge is 2.45. The van der Waals surface area contributed by atoms with Crippen molar-refractivity contribution in [2.75, 3.05) is 33.0 Å². The van der Waals surface area contributed by atoms with Gasteiger partial charge in [0, 0.05) is 19.8 Å². The molecule has 1 saturated heterocycles. The summed E-state index contributed by atoms with van der Waals surface area (Å²) in [6.07, 6.45) is 4.79. The first-order valence-corrected chi connectivity index (χ1v) is 7.90. The van der Waals surface area contributed by atoms with Crippen molar-refractivity contribution in [2.24, 2.45) is 5.92 Å². The second kappa shape index (κ2) is 6.41. The Labute approximate surface area is 120 Å². The normalized spacial score (nSPS) is 33.2. The van der Waals surface area contributed by atoms with Crippen LogP contribution >= 0.6 is 0 Å². The van der Waals surface area contributed by atoms with E-state index in [9.17, 15) is 4.79 Å². The van der Waals surface area contributed by atoms with E-state index >= 15 is 0 Å². The number of carbonyl (C=O) groups is 1. The van der Waals surface area contributed by atoms with Gasteiger partial charge in [0.1, 0.15) is 12.7 Å². The number of hydrogen-bond acceptors (Lipinski definition) is 4. The molecule has 0 aromatic rings. The summed E-state index contributed by atoms with van der Waals surface area (Å²) >= 11 is 0. The number of ether oxygens (including phenoxy) is 3. The highest BCUT2D eigenvalue weighted by Crippen LogP contribution is 2.35. The molecule has 0 aromatic carbocycles. The van der Waals surface area contributed by atoms with E-state index in [0.717, 1.165) is 25.4 Å². The van der Waals surface area contributed by atoms with Crippen molar-refractivity contribution in [1.29, 1.82) is 0 Å². The third-order valence-corrected chi connectivity index (χ3v) is 4.53. The Kier molecular flexibility index (Phi) is 4.58. The molecule has 114 valence electrons. The summed E-state index contributed by atoms with van der Waals surface area (Å²) in [5.41, 5.74) is 0. The van der Waals surface area contributed by atoms with Crippen molar-refractivity contribution in [2.45, 2.75) is 50.9 Å². The van der Waals surface area contributed by atoms with Crippen molar-refractivity contribution < 1.29 is 19.0 Å². The van der Waals surface area contributed by atoms with Gasteiger partial charge in [-0.05, 0) is 38.5 Å². The van der Waals surface area contributed by atoms with Crippen molar-refractivity contribution in [1.82, 2.24) is 4.90 Å². The fourth-order valence-corrected chi connectivity index (χ4v) is 3.22. The Balaban J connectivity index is 1.62. The largest absolute Gasteiger partial charge is 0.374 e. The molecular weight excluding hydrogens is 258 g/mol. The second-order valence-corrected chi connectivity index (χ2v) is 6.02. The molecule has 0 spiro atoms. The summed E-state index contributed by atoms with van der Waals surface area (Å²) < 4.78 is 17.2. The molecule has 1 amide bonds. The zero-order valence-electron chi connectivity index (χ0n) is 12.3. The van der Waals surface area contributed by atoms with E-state index in [-0.39, 0.29) is 30.8 Å². The summed E-state index contributed by atoms with van der Waals surface area (Å²) in [5.74, 6) is 0.813. The van der Waals surface area contributed by atoms with Crippen LogP contribution in [0, 0.1) is 5.92 Å². The van der Waals surface area contributed by atoms with E-state index in [1.165, 1.54) is 12.8 Å². The van der Waals surface area contributed by atoms with Gasteiger partial charge in [-0.3, -0.25) is 4.79 Å². The summed E-state index contributed by atoms with van der Waals surface area (Å²) in [4.78, 5) is 14.2.